The summed E-state index contributed by atoms with van der Waals surface area (Å²) in [6.45, 7) is 7.18. The van der Waals surface area contributed by atoms with Crippen molar-refractivity contribution >= 4 is 7.14 Å². The van der Waals surface area contributed by atoms with E-state index >= 15 is 0 Å². The maximum atomic E-state index is 10.8. The summed E-state index contributed by atoms with van der Waals surface area (Å²) >= 11 is 0. The molecule has 0 rings (SSSR count). The first-order valence-electron chi connectivity index (χ1n) is 2.39. The molecule has 0 N–H and O–H groups in total. The molecule has 0 aliphatic rings. The van der Waals surface area contributed by atoms with Crippen LogP contribution in [0, 0.1) is 6.92 Å². The molecule has 0 heterocycles. The Kier molecular flexibility index (Phi) is 2.60. The molecule has 0 amide bonds. The second-order valence-corrected chi connectivity index (χ2v) is 5.75. The molecule has 0 aromatic heterocycles. The zero-order chi connectivity index (χ0) is 5.91. The Hall–Kier alpha value is 0.230. The number of hydrogen-bond acceptors (Lipinski definition) is 1. The molecule has 2 heteroatoms. The van der Waals surface area contributed by atoms with Crippen molar-refractivity contribution in [2.24, 2.45) is 0 Å². The molecule has 0 atom stereocenters. The normalized spacial score (nSPS) is 11.9. The van der Waals surface area contributed by atoms with E-state index in [9.17, 15) is 4.57 Å². The topological polar surface area (TPSA) is 17.1 Å². The average Bonchev–Trinajstić information content (AvgIpc) is 1.30. The van der Waals surface area contributed by atoms with Gasteiger partial charge in [0.1, 0.15) is 0 Å². The molecular formula is C5H12OP. The molecule has 0 saturated carbocycles. The van der Waals surface area contributed by atoms with Crippen molar-refractivity contribution in [2.45, 2.75) is 6.42 Å². The standard InChI is InChI=1S/C5H12OP/c1-4-5-7(2,3)6/h1,4-5H2,2-3H3. The van der Waals surface area contributed by atoms with Gasteiger partial charge in [-0.05, 0) is 19.8 Å². The fourth-order valence-electron chi connectivity index (χ4n) is 0.381. The summed E-state index contributed by atoms with van der Waals surface area (Å²) in [5, 5.41) is 0. The summed E-state index contributed by atoms with van der Waals surface area (Å²) in [6, 6.07) is 0. The van der Waals surface area contributed by atoms with E-state index in [0.29, 0.717) is 0 Å². The quantitative estimate of drug-likeness (QED) is 0.507. The molecule has 0 fully saturated rings. The van der Waals surface area contributed by atoms with Crippen molar-refractivity contribution in [3.8, 4) is 0 Å². The Bertz CT molecular complexity index is 82.1. The average molecular weight is 119 g/mol. The minimum absolute atomic E-state index is 0.785. The van der Waals surface area contributed by atoms with Crippen LogP contribution in [0.3, 0.4) is 0 Å². The van der Waals surface area contributed by atoms with Gasteiger partial charge in [-0.1, -0.05) is 6.92 Å². The van der Waals surface area contributed by atoms with Crippen LogP contribution in [0.1, 0.15) is 6.42 Å². The highest BCUT2D eigenvalue weighted by Crippen LogP contribution is 2.35. The Morgan fingerprint density at radius 2 is 2.00 bits per heavy atom. The van der Waals surface area contributed by atoms with Crippen molar-refractivity contribution in [2.75, 3.05) is 19.5 Å². The van der Waals surface area contributed by atoms with Gasteiger partial charge in [-0.25, -0.2) is 0 Å². The van der Waals surface area contributed by atoms with E-state index < -0.39 is 7.14 Å². The summed E-state index contributed by atoms with van der Waals surface area (Å²) in [7, 11) is -1.73. The molecule has 0 spiro atoms. The van der Waals surface area contributed by atoms with Crippen LogP contribution in [0.5, 0.6) is 0 Å². The van der Waals surface area contributed by atoms with E-state index in [4.69, 9.17) is 0 Å². The van der Waals surface area contributed by atoms with Gasteiger partial charge >= 0.3 is 0 Å². The molecule has 1 radical (unpaired) electrons. The minimum Gasteiger partial charge on any atom is -0.324 e. The van der Waals surface area contributed by atoms with Crippen LogP contribution >= 0.6 is 7.14 Å². The van der Waals surface area contributed by atoms with Gasteiger partial charge in [0, 0.05) is 6.16 Å². The molecule has 0 aliphatic heterocycles. The Balaban J connectivity index is 3.36. The second-order valence-electron chi connectivity index (χ2n) is 2.15. The van der Waals surface area contributed by atoms with E-state index in [2.05, 4.69) is 6.92 Å². The first kappa shape index (κ1) is 7.23. The maximum Gasteiger partial charge on any atom is 0.0819 e. The largest absolute Gasteiger partial charge is 0.324 e. The molecule has 0 bridgehead atoms. The van der Waals surface area contributed by atoms with E-state index in [-0.39, 0.29) is 0 Å². The van der Waals surface area contributed by atoms with Crippen LogP contribution < -0.4 is 0 Å². The van der Waals surface area contributed by atoms with Gasteiger partial charge in [-0.2, -0.15) is 0 Å². The Morgan fingerprint density at radius 3 is 2.00 bits per heavy atom. The molecule has 43 valence electrons. The summed E-state index contributed by atoms with van der Waals surface area (Å²) in [6.07, 6.45) is 1.58. The van der Waals surface area contributed by atoms with Crippen molar-refractivity contribution in [3.63, 3.8) is 0 Å². The first-order chi connectivity index (χ1) is 3.06. The fourth-order valence-corrected chi connectivity index (χ4v) is 1.14. The van der Waals surface area contributed by atoms with Gasteiger partial charge in [-0.15, -0.1) is 0 Å². The highest BCUT2D eigenvalue weighted by Gasteiger charge is 2.01. The molecule has 7 heavy (non-hydrogen) atoms. The lowest BCUT2D eigenvalue weighted by Crippen LogP contribution is -1.80. The fraction of sp³-hybridized carbons (Fsp3) is 0.800. The van der Waals surface area contributed by atoms with Gasteiger partial charge in [0.25, 0.3) is 0 Å². The number of rotatable bonds is 2. The van der Waals surface area contributed by atoms with Crippen LogP contribution in [-0.2, 0) is 4.57 Å². The zero-order valence-electron chi connectivity index (χ0n) is 4.98. The lowest BCUT2D eigenvalue weighted by atomic mass is 10.6. The highest BCUT2D eigenvalue weighted by atomic mass is 31.2. The first-order valence-corrected chi connectivity index (χ1v) is 5.18. The van der Waals surface area contributed by atoms with Crippen molar-refractivity contribution in [3.05, 3.63) is 6.92 Å². The van der Waals surface area contributed by atoms with E-state index in [1.165, 1.54) is 0 Å². The molecule has 1 nitrogen and oxygen atoms in total. The molecule has 0 aliphatic carbocycles. The zero-order valence-corrected chi connectivity index (χ0v) is 5.87. The number of hydrogen-bond donors (Lipinski definition) is 0. The summed E-state index contributed by atoms with van der Waals surface area (Å²) in [5.41, 5.74) is 0. The third-order valence-electron chi connectivity index (χ3n) is 0.697. The van der Waals surface area contributed by atoms with Gasteiger partial charge in [0.2, 0.25) is 0 Å². The Labute approximate surface area is 45.5 Å². The van der Waals surface area contributed by atoms with Gasteiger partial charge in [0.15, 0.2) is 0 Å². The Morgan fingerprint density at radius 1 is 1.57 bits per heavy atom. The third-order valence-corrected chi connectivity index (χ3v) is 2.09. The predicted molar refractivity (Wildman–Crippen MR) is 34.3 cm³/mol. The smallest absolute Gasteiger partial charge is 0.0819 e. The predicted octanol–water partition coefficient (Wildman–Crippen LogP) is 1.83. The van der Waals surface area contributed by atoms with Crippen LogP contribution in [0.4, 0.5) is 0 Å². The monoisotopic (exact) mass is 119 g/mol. The highest BCUT2D eigenvalue weighted by molar-refractivity contribution is 7.62. The second kappa shape index (κ2) is 2.52. The van der Waals surface area contributed by atoms with E-state index in [1.54, 1.807) is 13.3 Å². The lowest BCUT2D eigenvalue weighted by Gasteiger charge is -1.99. The summed E-state index contributed by atoms with van der Waals surface area (Å²) in [5.74, 6) is 0. The molecular weight excluding hydrogens is 107 g/mol. The van der Waals surface area contributed by atoms with Crippen LogP contribution in [0.25, 0.3) is 0 Å². The summed E-state index contributed by atoms with van der Waals surface area (Å²) < 4.78 is 10.8. The molecule has 0 saturated heterocycles. The third kappa shape index (κ3) is 6.23. The molecule has 0 unspecified atom stereocenters. The van der Waals surface area contributed by atoms with Crippen LogP contribution in [0.15, 0.2) is 0 Å². The molecule has 0 aromatic rings. The summed E-state index contributed by atoms with van der Waals surface area (Å²) in [4.78, 5) is 0. The van der Waals surface area contributed by atoms with Crippen LogP contribution in [-0.4, -0.2) is 19.5 Å². The van der Waals surface area contributed by atoms with Gasteiger partial charge in [0.05, 0.1) is 7.14 Å². The SMILES string of the molecule is [CH2]CCP(C)(C)=O. The van der Waals surface area contributed by atoms with E-state index in [0.717, 1.165) is 12.6 Å². The van der Waals surface area contributed by atoms with Gasteiger partial charge in [-0.3, -0.25) is 0 Å². The van der Waals surface area contributed by atoms with Crippen LogP contribution in [0.2, 0.25) is 0 Å². The van der Waals surface area contributed by atoms with Crippen molar-refractivity contribution in [1.82, 2.24) is 0 Å². The lowest BCUT2D eigenvalue weighted by molar-refractivity contribution is 0.582. The van der Waals surface area contributed by atoms with Crippen molar-refractivity contribution < 1.29 is 4.57 Å². The van der Waals surface area contributed by atoms with Gasteiger partial charge < -0.3 is 4.57 Å². The maximum absolute atomic E-state index is 10.8. The minimum atomic E-state index is -1.73. The van der Waals surface area contributed by atoms with Crippen molar-refractivity contribution in [1.29, 1.82) is 0 Å². The van der Waals surface area contributed by atoms with E-state index in [1.807, 2.05) is 0 Å². The molecule has 0 aromatic carbocycles.